The lowest BCUT2D eigenvalue weighted by Gasteiger charge is -2.36. The summed E-state index contributed by atoms with van der Waals surface area (Å²) in [5.41, 5.74) is 0. The van der Waals surface area contributed by atoms with Crippen molar-refractivity contribution in [3.63, 3.8) is 0 Å². The van der Waals surface area contributed by atoms with Crippen molar-refractivity contribution < 1.29 is 0 Å². The monoisotopic (exact) mass is 328 g/mol. The molecular weight excluding hydrogens is 292 g/mol. The summed E-state index contributed by atoms with van der Waals surface area (Å²) in [4.78, 5) is 0. The van der Waals surface area contributed by atoms with Gasteiger partial charge < -0.3 is 0 Å². The zero-order valence-electron chi connectivity index (χ0n) is 14.2. The van der Waals surface area contributed by atoms with Gasteiger partial charge in [-0.2, -0.15) is 25.3 Å². The Bertz CT molecular complexity index is 304. The molecule has 2 aliphatic carbocycles. The first-order valence-corrected chi connectivity index (χ1v) is 10.3. The van der Waals surface area contributed by atoms with Gasteiger partial charge in [-0.3, -0.25) is 0 Å². The van der Waals surface area contributed by atoms with Gasteiger partial charge in [0.25, 0.3) is 0 Å². The third-order valence-corrected chi connectivity index (χ3v) is 6.96. The van der Waals surface area contributed by atoms with Crippen LogP contribution in [0.25, 0.3) is 0 Å². The van der Waals surface area contributed by atoms with Crippen LogP contribution in [0, 0.1) is 17.8 Å². The highest BCUT2D eigenvalue weighted by Crippen LogP contribution is 2.41. The number of rotatable bonds is 4. The minimum Gasteiger partial charge on any atom is -0.176 e. The molecule has 0 radical (unpaired) electrons. The summed E-state index contributed by atoms with van der Waals surface area (Å²) in [7, 11) is 0. The maximum absolute atomic E-state index is 5.06. The van der Waals surface area contributed by atoms with Crippen molar-refractivity contribution in [1.29, 1.82) is 0 Å². The highest BCUT2D eigenvalue weighted by atomic mass is 32.1. The molecule has 2 saturated carbocycles. The molecular formula is C19H36S2. The second kappa shape index (κ2) is 8.52. The molecule has 1 unspecified atom stereocenters. The molecule has 0 aromatic heterocycles. The van der Waals surface area contributed by atoms with Crippen molar-refractivity contribution in [1.82, 2.24) is 0 Å². The zero-order chi connectivity index (χ0) is 15.3. The molecule has 0 aliphatic heterocycles. The first kappa shape index (κ1) is 18.0. The van der Waals surface area contributed by atoms with Gasteiger partial charge >= 0.3 is 0 Å². The standard InChI is InChI=1S/C19H36S2/c1-15-6-3-8-17(13-18(20)12-15)9-5-11-19(21)10-4-7-16(2)14-19/h15-18,20-21H,3-14H2,1-2H3/t15-,16-,17-,18?,19+/m0/s1. The van der Waals surface area contributed by atoms with Gasteiger partial charge in [0, 0.05) is 10.00 Å². The third kappa shape index (κ3) is 6.37. The molecule has 0 saturated heterocycles. The van der Waals surface area contributed by atoms with E-state index in [2.05, 4.69) is 13.8 Å². The highest BCUT2D eigenvalue weighted by molar-refractivity contribution is 7.81. The lowest BCUT2D eigenvalue weighted by molar-refractivity contribution is 0.278. The van der Waals surface area contributed by atoms with E-state index in [4.69, 9.17) is 25.3 Å². The van der Waals surface area contributed by atoms with Gasteiger partial charge in [-0.1, -0.05) is 58.8 Å². The van der Waals surface area contributed by atoms with Crippen molar-refractivity contribution in [3.05, 3.63) is 0 Å². The van der Waals surface area contributed by atoms with Crippen molar-refractivity contribution in [2.24, 2.45) is 17.8 Å². The topological polar surface area (TPSA) is 0 Å². The summed E-state index contributed by atoms with van der Waals surface area (Å²) in [5.74, 6) is 2.71. The van der Waals surface area contributed by atoms with Crippen molar-refractivity contribution in [2.75, 3.05) is 0 Å². The molecule has 0 heterocycles. The van der Waals surface area contributed by atoms with Gasteiger partial charge in [-0.15, -0.1) is 0 Å². The number of thiol groups is 2. The molecule has 2 fully saturated rings. The quantitative estimate of drug-likeness (QED) is 0.537. The Balaban J connectivity index is 1.71. The molecule has 0 nitrogen and oxygen atoms in total. The van der Waals surface area contributed by atoms with Crippen molar-refractivity contribution in [2.45, 2.75) is 101 Å². The summed E-state index contributed by atoms with van der Waals surface area (Å²) in [5, 5.41) is 0.643. The van der Waals surface area contributed by atoms with E-state index in [1.165, 1.54) is 77.0 Å². The van der Waals surface area contributed by atoms with Crippen LogP contribution < -0.4 is 0 Å². The summed E-state index contributed by atoms with van der Waals surface area (Å²) in [6, 6.07) is 0. The SMILES string of the molecule is C[C@H]1CCC[C@@H](CCC[C@]2(S)CCC[C@H](C)C2)CC(S)C1. The van der Waals surface area contributed by atoms with Gasteiger partial charge in [0.1, 0.15) is 0 Å². The molecule has 2 heteroatoms. The smallest absolute Gasteiger partial charge is 0.0132 e. The molecule has 0 aromatic rings. The molecule has 5 atom stereocenters. The van der Waals surface area contributed by atoms with E-state index in [0.717, 1.165) is 17.8 Å². The fourth-order valence-corrected chi connectivity index (χ4v) is 6.06. The van der Waals surface area contributed by atoms with Crippen LogP contribution in [-0.4, -0.2) is 10.00 Å². The summed E-state index contributed by atoms with van der Waals surface area (Å²) in [6.45, 7) is 4.81. The predicted molar refractivity (Wildman–Crippen MR) is 102 cm³/mol. The molecule has 0 N–H and O–H groups in total. The maximum Gasteiger partial charge on any atom is 0.0132 e. The van der Waals surface area contributed by atoms with Crippen LogP contribution in [0.1, 0.15) is 90.9 Å². The first-order chi connectivity index (χ1) is 9.97. The summed E-state index contributed by atoms with van der Waals surface area (Å²) < 4.78 is 0.355. The molecule has 2 aliphatic rings. The maximum atomic E-state index is 5.06. The molecule has 2 rings (SSSR count). The van der Waals surface area contributed by atoms with Crippen molar-refractivity contribution >= 4 is 25.3 Å². The summed E-state index contributed by atoms with van der Waals surface area (Å²) >= 11 is 9.89. The molecule has 21 heavy (non-hydrogen) atoms. The lowest BCUT2D eigenvalue weighted by Crippen LogP contribution is -2.29. The fourth-order valence-electron chi connectivity index (χ4n) is 4.78. The zero-order valence-corrected chi connectivity index (χ0v) is 16.0. The first-order valence-electron chi connectivity index (χ1n) is 9.37. The Hall–Kier alpha value is 0.700. The van der Waals surface area contributed by atoms with Crippen LogP contribution in [0.3, 0.4) is 0 Å². The van der Waals surface area contributed by atoms with E-state index < -0.39 is 0 Å². The van der Waals surface area contributed by atoms with Gasteiger partial charge in [-0.25, -0.2) is 0 Å². The Morgan fingerprint density at radius 3 is 2.52 bits per heavy atom. The minimum absolute atomic E-state index is 0.355. The van der Waals surface area contributed by atoms with E-state index in [0.29, 0.717) is 10.00 Å². The Morgan fingerprint density at radius 1 is 1.00 bits per heavy atom. The number of hydrogen-bond acceptors (Lipinski definition) is 2. The van der Waals surface area contributed by atoms with Crippen LogP contribution in [0.5, 0.6) is 0 Å². The normalized spacial score (nSPS) is 42.3. The molecule has 0 amide bonds. The Kier molecular flexibility index (Phi) is 7.32. The van der Waals surface area contributed by atoms with E-state index in [-0.39, 0.29) is 0 Å². The van der Waals surface area contributed by atoms with Gasteiger partial charge in [-0.05, 0) is 49.9 Å². The second-order valence-electron chi connectivity index (χ2n) is 8.35. The average Bonchev–Trinajstić information content (AvgIpc) is 2.35. The largest absolute Gasteiger partial charge is 0.176 e. The van der Waals surface area contributed by atoms with Gasteiger partial charge in [0.05, 0.1) is 0 Å². The van der Waals surface area contributed by atoms with E-state index in [9.17, 15) is 0 Å². The average molecular weight is 329 g/mol. The van der Waals surface area contributed by atoms with Crippen molar-refractivity contribution in [3.8, 4) is 0 Å². The third-order valence-electron chi connectivity index (χ3n) is 5.91. The predicted octanol–water partition coefficient (Wildman–Crippen LogP) is 6.55. The Morgan fingerprint density at radius 2 is 1.76 bits per heavy atom. The fraction of sp³-hybridized carbons (Fsp3) is 1.00. The van der Waals surface area contributed by atoms with Gasteiger partial charge in [0.2, 0.25) is 0 Å². The molecule has 124 valence electrons. The minimum atomic E-state index is 0.355. The highest BCUT2D eigenvalue weighted by Gasteiger charge is 2.31. The molecule has 0 spiro atoms. The van der Waals surface area contributed by atoms with Crippen LogP contribution in [0.2, 0.25) is 0 Å². The second-order valence-corrected chi connectivity index (χ2v) is 10.0. The van der Waals surface area contributed by atoms with E-state index in [1.807, 2.05) is 0 Å². The van der Waals surface area contributed by atoms with E-state index in [1.54, 1.807) is 0 Å². The number of hydrogen-bond donors (Lipinski definition) is 2. The molecule has 0 bridgehead atoms. The van der Waals surface area contributed by atoms with Crippen LogP contribution >= 0.6 is 25.3 Å². The van der Waals surface area contributed by atoms with Crippen LogP contribution in [-0.2, 0) is 0 Å². The lowest BCUT2D eigenvalue weighted by atomic mass is 9.78. The Labute approximate surface area is 144 Å². The summed E-state index contributed by atoms with van der Waals surface area (Å²) in [6.07, 6.45) is 16.6. The van der Waals surface area contributed by atoms with Gasteiger partial charge in [0.15, 0.2) is 0 Å². The van der Waals surface area contributed by atoms with Crippen LogP contribution in [0.4, 0.5) is 0 Å². The van der Waals surface area contributed by atoms with E-state index >= 15 is 0 Å². The molecule has 0 aromatic carbocycles. The van der Waals surface area contributed by atoms with Crippen LogP contribution in [0.15, 0.2) is 0 Å².